The number of carbonyl (C=O) groups excluding carboxylic acids is 1. The fraction of sp³-hybridized carbons (Fsp3) is 0.923. The molecule has 0 bridgehead atoms. The number of nitrogens with one attached hydrogen (secondary N) is 1. The van der Waals surface area contributed by atoms with Gasteiger partial charge in [0.05, 0.1) is 0 Å². The predicted molar refractivity (Wildman–Crippen MR) is 66.7 cm³/mol. The Morgan fingerprint density at radius 2 is 2.18 bits per heavy atom. The second kappa shape index (κ2) is 8.48. The lowest BCUT2D eigenvalue weighted by molar-refractivity contribution is -0.127. The van der Waals surface area contributed by atoms with Crippen LogP contribution >= 0.6 is 0 Å². The van der Waals surface area contributed by atoms with Crippen LogP contribution in [-0.4, -0.2) is 36.9 Å². The first-order chi connectivity index (χ1) is 8.27. The van der Waals surface area contributed by atoms with Gasteiger partial charge in [-0.3, -0.25) is 4.79 Å². The van der Waals surface area contributed by atoms with Crippen molar-refractivity contribution in [1.29, 1.82) is 0 Å². The highest BCUT2D eigenvalue weighted by atomic mass is 16.5. The SMILES string of the molecule is CCCCOCC(=O)NC1CCCCC1CO. The van der Waals surface area contributed by atoms with E-state index in [1.165, 1.54) is 0 Å². The van der Waals surface area contributed by atoms with E-state index in [1.54, 1.807) is 0 Å². The van der Waals surface area contributed by atoms with Crippen LogP contribution in [0.25, 0.3) is 0 Å². The molecule has 1 rings (SSSR count). The zero-order chi connectivity index (χ0) is 12.5. The smallest absolute Gasteiger partial charge is 0.246 e. The van der Waals surface area contributed by atoms with Crippen LogP contribution in [0.5, 0.6) is 0 Å². The van der Waals surface area contributed by atoms with Gasteiger partial charge in [0.2, 0.25) is 5.91 Å². The molecule has 4 heteroatoms. The Bertz CT molecular complexity index is 221. The first-order valence-corrected chi connectivity index (χ1v) is 6.76. The minimum Gasteiger partial charge on any atom is -0.396 e. The van der Waals surface area contributed by atoms with Crippen molar-refractivity contribution in [1.82, 2.24) is 5.32 Å². The third kappa shape index (κ3) is 5.50. The zero-order valence-electron chi connectivity index (χ0n) is 10.8. The fourth-order valence-corrected chi connectivity index (χ4v) is 2.28. The molecule has 2 unspecified atom stereocenters. The maximum atomic E-state index is 11.6. The molecule has 0 heterocycles. The summed E-state index contributed by atoms with van der Waals surface area (Å²) in [4.78, 5) is 11.6. The summed E-state index contributed by atoms with van der Waals surface area (Å²) >= 11 is 0. The van der Waals surface area contributed by atoms with Crippen molar-refractivity contribution in [3.05, 3.63) is 0 Å². The van der Waals surface area contributed by atoms with Crippen molar-refractivity contribution in [3.8, 4) is 0 Å². The number of hydrogen-bond acceptors (Lipinski definition) is 3. The fourth-order valence-electron chi connectivity index (χ4n) is 2.28. The van der Waals surface area contributed by atoms with Gasteiger partial charge in [-0.1, -0.05) is 26.2 Å². The minimum atomic E-state index is -0.0496. The average molecular weight is 243 g/mol. The van der Waals surface area contributed by atoms with Crippen LogP contribution in [0.15, 0.2) is 0 Å². The molecule has 0 aliphatic heterocycles. The van der Waals surface area contributed by atoms with Crippen LogP contribution in [0, 0.1) is 5.92 Å². The second-order valence-electron chi connectivity index (χ2n) is 4.81. The molecule has 1 fully saturated rings. The third-order valence-electron chi connectivity index (χ3n) is 3.37. The number of unbranched alkanes of at least 4 members (excludes halogenated alkanes) is 1. The number of aliphatic hydroxyl groups excluding tert-OH is 1. The maximum absolute atomic E-state index is 11.6. The molecule has 1 aliphatic carbocycles. The normalized spacial score (nSPS) is 24.6. The topological polar surface area (TPSA) is 58.6 Å². The summed E-state index contributed by atoms with van der Waals surface area (Å²) in [7, 11) is 0. The minimum absolute atomic E-state index is 0.0496. The molecule has 0 aromatic heterocycles. The number of ether oxygens (including phenoxy) is 1. The second-order valence-corrected chi connectivity index (χ2v) is 4.81. The molecule has 0 aromatic rings. The summed E-state index contributed by atoms with van der Waals surface area (Å²) < 4.78 is 5.27. The van der Waals surface area contributed by atoms with E-state index in [-0.39, 0.29) is 31.1 Å². The molecule has 0 radical (unpaired) electrons. The molecule has 0 saturated heterocycles. The summed E-state index contributed by atoms with van der Waals surface area (Å²) in [5, 5.41) is 12.2. The van der Waals surface area contributed by atoms with Crippen LogP contribution in [0.3, 0.4) is 0 Å². The van der Waals surface area contributed by atoms with E-state index in [0.29, 0.717) is 6.61 Å². The lowest BCUT2D eigenvalue weighted by atomic mass is 9.85. The van der Waals surface area contributed by atoms with Gasteiger partial charge < -0.3 is 15.2 Å². The van der Waals surface area contributed by atoms with E-state index in [9.17, 15) is 9.90 Å². The highest BCUT2D eigenvalue weighted by molar-refractivity contribution is 5.77. The maximum Gasteiger partial charge on any atom is 0.246 e. The van der Waals surface area contributed by atoms with Crippen LogP contribution in [0.2, 0.25) is 0 Å². The molecule has 1 aliphatic rings. The van der Waals surface area contributed by atoms with Crippen LogP contribution in [-0.2, 0) is 9.53 Å². The Hall–Kier alpha value is -0.610. The Morgan fingerprint density at radius 1 is 1.41 bits per heavy atom. The lowest BCUT2D eigenvalue weighted by Gasteiger charge is -2.30. The molecule has 4 nitrogen and oxygen atoms in total. The van der Waals surface area contributed by atoms with Crippen molar-refractivity contribution < 1.29 is 14.6 Å². The summed E-state index contributed by atoms with van der Waals surface area (Å²) in [5.74, 6) is 0.176. The molecule has 2 atom stereocenters. The number of rotatable bonds is 7. The van der Waals surface area contributed by atoms with Crippen LogP contribution in [0.1, 0.15) is 45.4 Å². The molecule has 2 N–H and O–H groups in total. The van der Waals surface area contributed by atoms with Crippen LogP contribution < -0.4 is 5.32 Å². The van der Waals surface area contributed by atoms with E-state index in [4.69, 9.17) is 4.74 Å². The molecule has 1 amide bonds. The van der Waals surface area contributed by atoms with Gasteiger partial charge in [-0.15, -0.1) is 0 Å². The molecule has 0 spiro atoms. The largest absolute Gasteiger partial charge is 0.396 e. The summed E-state index contributed by atoms with van der Waals surface area (Å²) in [6, 6.07) is 0.135. The molecule has 100 valence electrons. The molecule has 0 aromatic carbocycles. The Kier molecular flexibility index (Phi) is 7.21. The van der Waals surface area contributed by atoms with E-state index in [0.717, 1.165) is 38.5 Å². The number of hydrogen-bond donors (Lipinski definition) is 2. The van der Waals surface area contributed by atoms with Crippen molar-refractivity contribution in [2.45, 2.75) is 51.5 Å². The molecular weight excluding hydrogens is 218 g/mol. The lowest BCUT2D eigenvalue weighted by Crippen LogP contribution is -2.44. The van der Waals surface area contributed by atoms with Crippen molar-refractivity contribution in [3.63, 3.8) is 0 Å². The van der Waals surface area contributed by atoms with Gasteiger partial charge in [0.25, 0.3) is 0 Å². The Balaban J connectivity index is 2.19. The van der Waals surface area contributed by atoms with Gasteiger partial charge >= 0.3 is 0 Å². The number of aliphatic hydroxyl groups is 1. The highest BCUT2D eigenvalue weighted by Crippen LogP contribution is 2.23. The first-order valence-electron chi connectivity index (χ1n) is 6.76. The van der Waals surface area contributed by atoms with E-state index < -0.39 is 0 Å². The number of carbonyl (C=O) groups is 1. The van der Waals surface area contributed by atoms with Gasteiger partial charge in [-0.2, -0.15) is 0 Å². The Morgan fingerprint density at radius 3 is 2.88 bits per heavy atom. The predicted octanol–water partition coefficient (Wildman–Crippen LogP) is 1.47. The average Bonchev–Trinajstić information content (AvgIpc) is 2.35. The van der Waals surface area contributed by atoms with E-state index in [1.807, 2.05) is 0 Å². The highest BCUT2D eigenvalue weighted by Gasteiger charge is 2.25. The monoisotopic (exact) mass is 243 g/mol. The molecule has 1 saturated carbocycles. The standard InChI is InChI=1S/C13H25NO3/c1-2-3-8-17-10-13(16)14-12-7-5-4-6-11(12)9-15/h11-12,15H,2-10H2,1H3,(H,14,16). The first kappa shape index (κ1) is 14.5. The van der Waals surface area contributed by atoms with Gasteiger partial charge in [-0.05, 0) is 19.3 Å². The van der Waals surface area contributed by atoms with Crippen LogP contribution in [0.4, 0.5) is 0 Å². The molecular formula is C13H25NO3. The van der Waals surface area contributed by atoms with E-state index >= 15 is 0 Å². The Labute approximate surface area is 104 Å². The van der Waals surface area contributed by atoms with Crippen molar-refractivity contribution in [2.24, 2.45) is 5.92 Å². The number of amides is 1. The van der Waals surface area contributed by atoms with Gasteiger partial charge in [0, 0.05) is 25.2 Å². The third-order valence-corrected chi connectivity index (χ3v) is 3.37. The van der Waals surface area contributed by atoms with Gasteiger partial charge in [-0.25, -0.2) is 0 Å². The molecule has 17 heavy (non-hydrogen) atoms. The van der Waals surface area contributed by atoms with Crippen molar-refractivity contribution >= 4 is 5.91 Å². The van der Waals surface area contributed by atoms with E-state index in [2.05, 4.69) is 12.2 Å². The summed E-state index contributed by atoms with van der Waals surface area (Å²) in [5.41, 5.74) is 0. The quantitative estimate of drug-likeness (QED) is 0.666. The summed E-state index contributed by atoms with van der Waals surface area (Å²) in [6.45, 7) is 3.06. The summed E-state index contributed by atoms with van der Waals surface area (Å²) in [6.07, 6.45) is 6.36. The van der Waals surface area contributed by atoms with Crippen molar-refractivity contribution in [2.75, 3.05) is 19.8 Å². The van der Waals surface area contributed by atoms with Gasteiger partial charge in [0.1, 0.15) is 6.61 Å². The van der Waals surface area contributed by atoms with Gasteiger partial charge in [0.15, 0.2) is 0 Å². The zero-order valence-corrected chi connectivity index (χ0v) is 10.8.